The summed E-state index contributed by atoms with van der Waals surface area (Å²) in [4.78, 5) is 18.5. The first-order valence-corrected chi connectivity index (χ1v) is 7.30. The zero-order chi connectivity index (χ0) is 15.0. The number of rotatable bonds is 8. The average molecular weight is 278 g/mol. The van der Waals surface area contributed by atoms with Crippen molar-refractivity contribution >= 4 is 11.7 Å². The van der Waals surface area contributed by atoms with Crippen molar-refractivity contribution in [2.45, 2.75) is 33.7 Å². The molecule has 0 bridgehead atoms. The third kappa shape index (κ3) is 5.57. The molecule has 1 rings (SSSR count). The Kier molecular flexibility index (Phi) is 7.01. The Morgan fingerprint density at radius 2 is 2.05 bits per heavy atom. The number of carbonyl (C=O) groups is 1. The molecule has 0 atom stereocenters. The van der Waals surface area contributed by atoms with E-state index in [9.17, 15) is 4.79 Å². The summed E-state index contributed by atoms with van der Waals surface area (Å²) in [5, 5.41) is 6.14. The minimum atomic E-state index is -0.0497. The number of nitrogens with zero attached hydrogens (tertiary/aromatic N) is 2. The van der Waals surface area contributed by atoms with E-state index < -0.39 is 0 Å². The molecule has 20 heavy (non-hydrogen) atoms. The fraction of sp³-hybridized carbons (Fsp3) is 0.600. The third-order valence-corrected chi connectivity index (χ3v) is 3.07. The minimum Gasteiger partial charge on any atom is -0.368 e. The summed E-state index contributed by atoms with van der Waals surface area (Å²) >= 11 is 0. The number of aromatic nitrogens is 1. The predicted molar refractivity (Wildman–Crippen MR) is 83.1 cm³/mol. The second-order valence-corrected chi connectivity index (χ2v) is 5.01. The van der Waals surface area contributed by atoms with Crippen LogP contribution in [0.15, 0.2) is 18.3 Å². The van der Waals surface area contributed by atoms with Gasteiger partial charge in [-0.1, -0.05) is 13.8 Å². The molecule has 1 heterocycles. The highest BCUT2D eigenvalue weighted by molar-refractivity contribution is 5.94. The lowest BCUT2D eigenvalue weighted by atomic mass is 10.2. The third-order valence-electron chi connectivity index (χ3n) is 3.07. The van der Waals surface area contributed by atoms with E-state index in [-0.39, 0.29) is 5.91 Å². The average Bonchev–Trinajstić information content (AvgIpc) is 2.43. The molecule has 1 aromatic rings. The molecule has 1 aromatic heterocycles. The van der Waals surface area contributed by atoms with Crippen LogP contribution in [0, 0.1) is 0 Å². The highest BCUT2D eigenvalue weighted by atomic mass is 16.1. The minimum absolute atomic E-state index is 0.0497. The van der Waals surface area contributed by atoms with Gasteiger partial charge in [-0.25, -0.2) is 4.98 Å². The van der Waals surface area contributed by atoms with Crippen molar-refractivity contribution in [2.24, 2.45) is 0 Å². The number of carbonyl (C=O) groups excluding carboxylic acids is 1. The maximum Gasteiger partial charge on any atom is 0.251 e. The fourth-order valence-corrected chi connectivity index (χ4v) is 1.92. The quantitative estimate of drug-likeness (QED) is 0.763. The Balaban J connectivity index is 2.50. The first-order chi connectivity index (χ1) is 9.56. The molecule has 0 aliphatic rings. The molecule has 2 N–H and O–H groups in total. The number of amides is 1. The lowest BCUT2D eigenvalue weighted by Crippen LogP contribution is -2.34. The van der Waals surface area contributed by atoms with Crippen molar-refractivity contribution < 1.29 is 4.79 Å². The molecule has 0 unspecified atom stereocenters. The van der Waals surface area contributed by atoms with Crippen molar-refractivity contribution in [1.29, 1.82) is 0 Å². The molecule has 0 fully saturated rings. The normalized spacial score (nSPS) is 10.9. The maximum absolute atomic E-state index is 12.1. The molecule has 0 aromatic carbocycles. The molecule has 5 nitrogen and oxygen atoms in total. The first kappa shape index (κ1) is 16.4. The monoisotopic (exact) mass is 278 g/mol. The molecule has 1 amide bonds. The van der Waals surface area contributed by atoms with Crippen molar-refractivity contribution in [1.82, 2.24) is 15.2 Å². The molecule has 0 aliphatic heterocycles. The summed E-state index contributed by atoms with van der Waals surface area (Å²) in [5.74, 6) is 0.683. The van der Waals surface area contributed by atoms with Crippen LogP contribution < -0.4 is 10.6 Å². The van der Waals surface area contributed by atoms with Crippen LogP contribution in [0.3, 0.4) is 0 Å². The van der Waals surface area contributed by atoms with E-state index in [2.05, 4.69) is 34.4 Å². The standard InChI is InChI=1S/C15H26N4O/c1-5-19(6-2)10-9-17-15(20)13-7-8-16-14(11-13)18-12(3)4/h7-8,11-12H,5-6,9-10H2,1-4H3,(H,16,18)(H,17,20). The second-order valence-electron chi connectivity index (χ2n) is 5.01. The van der Waals surface area contributed by atoms with E-state index in [0.29, 0.717) is 18.2 Å². The predicted octanol–water partition coefficient (Wildman–Crippen LogP) is 1.97. The van der Waals surface area contributed by atoms with Crippen LogP contribution in [0.4, 0.5) is 5.82 Å². The summed E-state index contributed by atoms with van der Waals surface area (Å²) in [6.45, 7) is 11.9. The Hall–Kier alpha value is -1.62. The first-order valence-electron chi connectivity index (χ1n) is 7.30. The largest absolute Gasteiger partial charge is 0.368 e. The molecule has 0 saturated carbocycles. The summed E-state index contributed by atoms with van der Waals surface area (Å²) < 4.78 is 0. The number of hydrogen-bond donors (Lipinski definition) is 2. The Morgan fingerprint density at radius 1 is 1.35 bits per heavy atom. The molecule has 0 spiro atoms. The van der Waals surface area contributed by atoms with E-state index >= 15 is 0 Å². The van der Waals surface area contributed by atoms with Crippen LogP contribution in [0.5, 0.6) is 0 Å². The molecule has 112 valence electrons. The van der Waals surface area contributed by atoms with Crippen molar-refractivity contribution in [2.75, 3.05) is 31.5 Å². The lowest BCUT2D eigenvalue weighted by molar-refractivity contribution is 0.0949. The molecule has 0 radical (unpaired) electrons. The molecular formula is C15H26N4O. The lowest BCUT2D eigenvalue weighted by Gasteiger charge is -2.18. The highest BCUT2D eigenvalue weighted by Gasteiger charge is 2.07. The van der Waals surface area contributed by atoms with Gasteiger partial charge in [-0.3, -0.25) is 4.79 Å². The van der Waals surface area contributed by atoms with Gasteiger partial charge in [-0.15, -0.1) is 0 Å². The van der Waals surface area contributed by atoms with Crippen LogP contribution in [0.2, 0.25) is 0 Å². The Morgan fingerprint density at radius 3 is 2.65 bits per heavy atom. The van der Waals surface area contributed by atoms with Gasteiger partial charge in [-0.2, -0.15) is 0 Å². The van der Waals surface area contributed by atoms with Gasteiger partial charge >= 0.3 is 0 Å². The number of likely N-dealkylation sites (N-methyl/N-ethyl adjacent to an activating group) is 1. The maximum atomic E-state index is 12.1. The van der Waals surface area contributed by atoms with Crippen LogP contribution in [0.25, 0.3) is 0 Å². The van der Waals surface area contributed by atoms with Gasteiger partial charge in [0.25, 0.3) is 5.91 Å². The van der Waals surface area contributed by atoms with Gasteiger partial charge in [0.15, 0.2) is 0 Å². The van der Waals surface area contributed by atoms with Gasteiger partial charge in [0.05, 0.1) is 0 Å². The summed E-state index contributed by atoms with van der Waals surface area (Å²) in [5.41, 5.74) is 0.641. The fourth-order valence-electron chi connectivity index (χ4n) is 1.92. The van der Waals surface area contributed by atoms with E-state index in [1.165, 1.54) is 0 Å². The van der Waals surface area contributed by atoms with Crippen molar-refractivity contribution in [3.05, 3.63) is 23.9 Å². The van der Waals surface area contributed by atoms with Gasteiger partial charge in [0.2, 0.25) is 0 Å². The van der Waals surface area contributed by atoms with E-state index in [1.54, 1.807) is 18.3 Å². The molecular weight excluding hydrogens is 252 g/mol. The van der Waals surface area contributed by atoms with Crippen LogP contribution in [0.1, 0.15) is 38.1 Å². The highest BCUT2D eigenvalue weighted by Crippen LogP contribution is 2.07. The number of pyridine rings is 1. The van der Waals surface area contributed by atoms with Gasteiger partial charge < -0.3 is 15.5 Å². The van der Waals surface area contributed by atoms with E-state index in [4.69, 9.17) is 0 Å². The zero-order valence-corrected chi connectivity index (χ0v) is 12.9. The molecule has 0 saturated heterocycles. The van der Waals surface area contributed by atoms with Crippen LogP contribution in [-0.2, 0) is 0 Å². The van der Waals surface area contributed by atoms with Gasteiger partial charge in [-0.05, 0) is 39.1 Å². The number of nitrogens with one attached hydrogen (secondary N) is 2. The van der Waals surface area contributed by atoms with E-state index in [1.807, 2.05) is 13.8 Å². The van der Waals surface area contributed by atoms with E-state index in [0.717, 1.165) is 25.5 Å². The van der Waals surface area contributed by atoms with Gasteiger partial charge in [0.1, 0.15) is 5.82 Å². The second kappa shape index (κ2) is 8.53. The van der Waals surface area contributed by atoms with Crippen molar-refractivity contribution in [3.63, 3.8) is 0 Å². The molecule has 5 heteroatoms. The number of hydrogen-bond acceptors (Lipinski definition) is 4. The SMILES string of the molecule is CCN(CC)CCNC(=O)c1ccnc(NC(C)C)c1. The van der Waals surface area contributed by atoms with Gasteiger partial charge in [0, 0.05) is 30.9 Å². The summed E-state index contributed by atoms with van der Waals surface area (Å²) in [6, 6.07) is 3.81. The topological polar surface area (TPSA) is 57.3 Å². The Bertz CT molecular complexity index is 416. The van der Waals surface area contributed by atoms with Crippen LogP contribution in [-0.4, -0.2) is 48.0 Å². The van der Waals surface area contributed by atoms with Crippen molar-refractivity contribution in [3.8, 4) is 0 Å². The summed E-state index contributed by atoms with van der Waals surface area (Å²) in [6.07, 6.45) is 1.66. The Labute approximate surface area is 121 Å². The van der Waals surface area contributed by atoms with Crippen LogP contribution >= 0.6 is 0 Å². The summed E-state index contributed by atoms with van der Waals surface area (Å²) in [7, 11) is 0. The smallest absolute Gasteiger partial charge is 0.251 e. The number of anilines is 1. The zero-order valence-electron chi connectivity index (χ0n) is 12.9. The molecule has 0 aliphatic carbocycles.